The van der Waals surface area contributed by atoms with E-state index in [1.54, 1.807) is 0 Å². The fourth-order valence-corrected chi connectivity index (χ4v) is 3.62. The van der Waals surface area contributed by atoms with Crippen LogP contribution in [0.4, 0.5) is 4.79 Å². The van der Waals surface area contributed by atoms with E-state index >= 15 is 0 Å². The summed E-state index contributed by atoms with van der Waals surface area (Å²) < 4.78 is 9.67. The fourth-order valence-electron chi connectivity index (χ4n) is 3.62. The molecule has 1 aromatic rings. The lowest BCUT2D eigenvalue weighted by molar-refractivity contribution is -0.151. The number of nitrogens with one attached hydrogen (secondary N) is 2. The minimum Gasteiger partial charge on any atom is -0.454 e. The molecule has 1 heterocycles. The third-order valence-electron chi connectivity index (χ3n) is 4.93. The lowest BCUT2D eigenvalue weighted by atomic mass is 9.76. The second kappa shape index (κ2) is 8.39. The number of benzene rings is 1. The van der Waals surface area contributed by atoms with Crippen LogP contribution in [0.15, 0.2) is 24.3 Å². The molecule has 2 N–H and O–H groups in total. The number of rotatable bonds is 7. The zero-order valence-electron chi connectivity index (χ0n) is 15.7. The third kappa shape index (κ3) is 3.84. The molecule has 0 radical (unpaired) electrons. The number of carbonyl (C=O) groups excluding carboxylic acids is 4. The number of esters is 1. The summed E-state index contributed by atoms with van der Waals surface area (Å²) >= 11 is 0. The summed E-state index contributed by atoms with van der Waals surface area (Å²) in [5.74, 6) is -1.78. The van der Waals surface area contributed by atoms with Gasteiger partial charge in [0.25, 0.3) is 11.8 Å². The molecule has 2 aliphatic rings. The quantitative estimate of drug-likeness (QED) is 0.388. The summed E-state index contributed by atoms with van der Waals surface area (Å²) in [6.45, 7) is -0.395. The Morgan fingerprint density at radius 3 is 2.86 bits per heavy atom. The van der Waals surface area contributed by atoms with Crippen LogP contribution in [-0.2, 0) is 35.8 Å². The van der Waals surface area contributed by atoms with Crippen LogP contribution in [0.3, 0.4) is 0 Å². The highest BCUT2D eigenvalue weighted by atomic mass is 16.5. The molecule has 0 unspecified atom stereocenters. The number of methoxy groups -OCH3 is 1. The largest absolute Gasteiger partial charge is 0.454 e. The molecule has 1 aliphatic heterocycles. The lowest BCUT2D eigenvalue weighted by Crippen LogP contribution is -2.46. The number of hydrogen-bond acceptors (Lipinski definition) is 6. The van der Waals surface area contributed by atoms with Crippen molar-refractivity contribution < 1.29 is 28.7 Å². The fraction of sp³-hybridized carbons (Fsp3) is 0.474. The molecule has 1 spiro atoms. The van der Waals surface area contributed by atoms with Crippen molar-refractivity contribution in [1.29, 1.82) is 0 Å². The van der Waals surface area contributed by atoms with Gasteiger partial charge in [-0.1, -0.05) is 24.3 Å². The molecule has 9 nitrogen and oxygen atoms in total. The number of ether oxygens (including phenoxy) is 2. The number of aryl methyl sites for hydroxylation is 1. The van der Waals surface area contributed by atoms with E-state index in [-0.39, 0.29) is 0 Å². The van der Waals surface area contributed by atoms with Crippen LogP contribution in [0.25, 0.3) is 0 Å². The third-order valence-corrected chi connectivity index (χ3v) is 4.93. The summed E-state index contributed by atoms with van der Waals surface area (Å²) in [4.78, 5) is 49.9. The van der Waals surface area contributed by atoms with E-state index in [2.05, 4.69) is 10.6 Å². The van der Waals surface area contributed by atoms with Gasteiger partial charge in [-0.25, -0.2) is 4.79 Å². The maximum Gasteiger partial charge on any atom is 0.326 e. The van der Waals surface area contributed by atoms with Crippen molar-refractivity contribution in [3.05, 3.63) is 35.4 Å². The minimum atomic E-state index is -1.14. The number of hydrogen-bond donors (Lipinski definition) is 2. The Morgan fingerprint density at radius 2 is 2.07 bits per heavy atom. The van der Waals surface area contributed by atoms with Gasteiger partial charge < -0.3 is 20.1 Å². The first-order valence-corrected chi connectivity index (χ1v) is 9.11. The summed E-state index contributed by atoms with van der Waals surface area (Å²) in [5.41, 5.74) is 0.650. The Labute approximate surface area is 162 Å². The van der Waals surface area contributed by atoms with Gasteiger partial charge in [0.05, 0.1) is 6.61 Å². The molecular weight excluding hydrogens is 366 g/mol. The number of amides is 4. The van der Waals surface area contributed by atoms with Crippen molar-refractivity contribution in [2.75, 3.05) is 33.4 Å². The van der Waals surface area contributed by atoms with Crippen LogP contribution >= 0.6 is 0 Å². The van der Waals surface area contributed by atoms with Crippen molar-refractivity contribution in [2.24, 2.45) is 0 Å². The summed E-state index contributed by atoms with van der Waals surface area (Å²) in [6, 6.07) is 6.85. The Balaban J connectivity index is 1.62. The molecular formula is C19H23N3O6. The molecule has 28 heavy (non-hydrogen) atoms. The van der Waals surface area contributed by atoms with E-state index in [4.69, 9.17) is 9.47 Å². The molecule has 1 fully saturated rings. The highest BCUT2D eigenvalue weighted by molar-refractivity contribution is 6.09. The van der Waals surface area contributed by atoms with Gasteiger partial charge in [0, 0.05) is 13.7 Å². The second-order valence-electron chi connectivity index (χ2n) is 6.74. The Hall–Kier alpha value is -2.94. The SMILES string of the molecule is COCCNC(=O)COC(=O)CN1C(=O)N[C@@]2(CCCc3ccccc32)C1=O. The van der Waals surface area contributed by atoms with E-state index in [1.807, 2.05) is 24.3 Å². The smallest absolute Gasteiger partial charge is 0.326 e. The Morgan fingerprint density at radius 1 is 1.29 bits per heavy atom. The van der Waals surface area contributed by atoms with Gasteiger partial charge in [0.2, 0.25) is 0 Å². The molecule has 1 aliphatic carbocycles. The molecule has 0 aromatic heterocycles. The number of urea groups is 1. The normalized spacial score (nSPS) is 20.7. The molecule has 9 heteroatoms. The van der Waals surface area contributed by atoms with Gasteiger partial charge in [-0.3, -0.25) is 19.3 Å². The van der Waals surface area contributed by atoms with Crippen LogP contribution in [0.2, 0.25) is 0 Å². The molecule has 1 aromatic carbocycles. The van der Waals surface area contributed by atoms with Crippen LogP contribution in [0, 0.1) is 0 Å². The predicted octanol–water partition coefficient (Wildman–Crippen LogP) is 0.0758. The first-order valence-electron chi connectivity index (χ1n) is 9.11. The number of nitrogens with zero attached hydrogens (tertiary/aromatic N) is 1. The molecule has 0 bridgehead atoms. The van der Waals surface area contributed by atoms with Crippen molar-refractivity contribution in [2.45, 2.75) is 24.8 Å². The van der Waals surface area contributed by atoms with Crippen LogP contribution in [0.1, 0.15) is 24.0 Å². The minimum absolute atomic E-state index is 0.293. The Bertz CT molecular complexity index is 796. The van der Waals surface area contributed by atoms with Crippen LogP contribution in [-0.4, -0.2) is 62.1 Å². The van der Waals surface area contributed by atoms with Gasteiger partial charge in [-0.2, -0.15) is 0 Å². The first-order chi connectivity index (χ1) is 13.5. The highest BCUT2D eigenvalue weighted by Crippen LogP contribution is 2.39. The highest BCUT2D eigenvalue weighted by Gasteiger charge is 2.54. The zero-order valence-corrected chi connectivity index (χ0v) is 15.7. The molecule has 0 saturated carbocycles. The van der Waals surface area contributed by atoms with Gasteiger partial charge in [0.15, 0.2) is 6.61 Å². The van der Waals surface area contributed by atoms with Gasteiger partial charge in [-0.05, 0) is 30.4 Å². The summed E-state index contributed by atoms with van der Waals surface area (Å²) in [5, 5.41) is 5.27. The van der Waals surface area contributed by atoms with Gasteiger partial charge >= 0.3 is 12.0 Å². The van der Waals surface area contributed by atoms with E-state index in [9.17, 15) is 19.2 Å². The van der Waals surface area contributed by atoms with Crippen molar-refractivity contribution in [3.63, 3.8) is 0 Å². The maximum atomic E-state index is 13.0. The summed E-state index contributed by atoms with van der Waals surface area (Å²) in [7, 11) is 1.50. The topological polar surface area (TPSA) is 114 Å². The lowest BCUT2D eigenvalue weighted by Gasteiger charge is -2.33. The van der Waals surface area contributed by atoms with E-state index in [1.165, 1.54) is 7.11 Å². The predicted molar refractivity (Wildman–Crippen MR) is 97.1 cm³/mol. The second-order valence-corrected chi connectivity index (χ2v) is 6.74. The number of imide groups is 1. The molecule has 1 saturated heterocycles. The average molecular weight is 389 g/mol. The molecule has 150 valence electrons. The van der Waals surface area contributed by atoms with E-state index in [0.29, 0.717) is 19.6 Å². The Kier molecular flexibility index (Phi) is 5.93. The summed E-state index contributed by atoms with van der Waals surface area (Å²) in [6.07, 6.45) is 2.06. The monoisotopic (exact) mass is 389 g/mol. The standard InChI is InChI=1S/C19H23N3O6/c1-27-10-9-20-15(23)12-28-16(24)11-22-17(25)19(21-18(22)26)8-4-6-13-5-2-3-7-14(13)19/h2-3,5,7H,4,6,8-12H2,1H3,(H,20,23)(H,21,26)/t19-/m1/s1. The van der Waals surface area contributed by atoms with Crippen LogP contribution in [0.5, 0.6) is 0 Å². The van der Waals surface area contributed by atoms with Gasteiger partial charge in [-0.15, -0.1) is 0 Å². The van der Waals surface area contributed by atoms with Crippen LogP contribution < -0.4 is 10.6 Å². The van der Waals surface area contributed by atoms with E-state index in [0.717, 1.165) is 28.9 Å². The average Bonchev–Trinajstić information content (AvgIpc) is 2.92. The zero-order chi connectivity index (χ0) is 20.1. The van der Waals surface area contributed by atoms with E-state index < -0.39 is 42.5 Å². The first kappa shape index (κ1) is 19.8. The molecule has 3 rings (SSSR count). The van der Waals surface area contributed by atoms with Crippen molar-refractivity contribution in [1.82, 2.24) is 15.5 Å². The molecule has 4 amide bonds. The van der Waals surface area contributed by atoms with Gasteiger partial charge in [0.1, 0.15) is 12.1 Å². The number of carbonyl (C=O) groups is 4. The number of fused-ring (bicyclic) bond motifs is 2. The van der Waals surface area contributed by atoms with Crippen molar-refractivity contribution >= 4 is 23.8 Å². The molecule has 1 atom stereocenters. The maximum absolute atomic E-state index is 13.0. The van der Waals surface area contributed by atoms with Crippen molar-refractivity contribution in [3.8, 4) is 0 Å².